The summed E-state index contributed by atoms with van der Waals surface area (Å²) in [6, 6.07) is 11.0. The second-order valence-electron chi connectivity index (χ2n) is 4.41. The van der Waals surface area contributed by atoms with Gasteiger partial charge in [0.25, 0.3) is 0 Å². The summed E-state index contributed by atoms with van der Waals surface area (Å²) >= 11 is 0. The van der Waals surface area contributed by atoms with Crippen molar-refractivity contribution in [3.05, 3.63) is 60.0 Å². The van der Waals surface area contributed by atoms with Gasteiger partial charge in [0.1, 0.15) is 17.1 Å². The first-order valence-electron chi connectivity index (χ1n) is 6.04. The Balaban J connectivity index is 1.93. The second-order valence-corrected chi connectivity index (χ2v) is 4.41. The monoisotopic (exact) mass is 254 g/mol. The largest absolute Gasteiger partial charge is 0.508 e. The topological polar surface area (TPSA) is 46.8 Å². The normalized spacial score (nSPS) is 10.8. The number of fused-ring (bicyclic) bond motifs is 1. The Kier molecular flexibility index (Phi) is 2.83. The van der Waals surface area contributed by atoms with Crippen LogP contribution in [0.15, 0.2) is 48.8 Å². The molecule has 0 radical (unpaired) electrons. The molecule has 0 atom stereocenters. The molecule has 2 heterocycles. The molecule has 0 aliphatic heterocycles. The number of methoxy groups -OCH3 is 1. The predicted molar refractivity (Wildman–Crippen MR) is 72.7 cm³/mol. The Hall–Kier alpha value is -2.49. The van der Waals surface area contributed by atoms with Crippen LogP contribution in [0.4, 0.5) is 0 Å². The van der Waals surface area contributed by atoms with Crippen LogP contribution in [0.25, 0.3) is 5.65 Å². The van der Waals surface area contributed by atoms with Crippen LogP contribution in [0.2, 0.25) is 0 Å². The van der Waals surface area contributed by atoms with Gasteiger partial charge in [-0.05, 0) is 29.8 Å². The number of hydrogen-bond acceptors (Lipinski definition) is 3. The van der Waals surface area contributed by atoms with Crippen LogP contribution in [0.3, 0.4) is 0 Å². The van der Waals surface area contributed by atoms with Gasteiger partial charge in [0.15, 0.2) is 0 Å². The summed E-state index contributed by atoms with van der Waals surface area (Å²) in [4.78, 5) is 4.54. The SMILES string of the molecule is COc1ccc2nc(Cc3cccc(O)c3)cn2c1. The highest BCUT2D eigenvalue weighted by atomic mass is 16.5. The highest BCUT2D eigenvalue weighted by molar-refractivity contribution is 5.44. The van der Waals surface area contributed by atoms with Gasteiger partial charge in [0, 0.05) is 12.6 Å². The number of aromatic nitrogens is 2. The zero-order valence-corrected chi connectivity index (χ0v) is 10.6. The van der Waals surface area contributed by atoms with Crippen molar-refractivity contribution in [1.82, 2.24) is 9.38 Å². The summed E-state index contributed by atoms with van der Waals surface area (Å²) < 4.78 is 7.13. The van der Waals surface area contributed by atoms with E-state index >= 15 is 0 Å². The van der Waals surface area contributed by atoms with Gasteiger partial charge in [-0.25, -0.2) is 4.98 Å². The Morgan fingerprint density at radius 1 is 1.21 bits per heavy atom. The number of rotatable bonds is 3. The quantitative estimate of drug-likeness (QED) is 0.781. The molecule has 0 bridgehead atoms. The van der Waals surface area contributed by atoms with Gasteiger partial charge in [-0.1, -0.05) is 12.1 Å². The van der Waals surface area contributed by atoms with Crippen molar-refractivity contribution in [3.8, 4) is 11.5 Å². The van der Waals surface area contributed by atoms with Gasteiger partial charge in [0.2, 0.25) is 0 Å². The number of phenolic OH excluding ortho intramolecular Hbond substituents is 1. The lowest BCUT2D eigenvalue weighted by atomic mass is 10.1. The van der Waals surface area contributed by atoms with Gasteiger partial charge in [-0.2, -0.15) is 0 Å². The summed E-state index contributed by atoms with van der Waals surface area (Å²) in [5.41, 5.74) is 2.88. The Labute approximate surface area is 110 Å². The van der Waals surface area contributed by atoms with Crippen molar-refractivity contribution in [1.29, 1.82) is 0 Å². The predicted octanol–water partition coefficient (Wildman–Crippen LogP) is 2.64. The molecule has 0 amide bonds. The van der Waals surface area contributed by atoms with Crippen LogP contribution in [-0.4, -0.2) is 21.6 Å². The zero-order chi connectivity index (χ0) is 13.2. The number of pyridine rings is 1. The van der Waals surface area contributed by atoms with Crippen molar-refractivity contribution in [2.24, 2.45) is 0 Å². The molecule has 0 saturated heterocycles. The maximum atomic E-state index is 9.46. The molecule has 19 heavy (non-hydrogen) atoms. The highest BCUT2D eigenvalue weighted by Crippen LogP contribution is 2.17. The van der Waals surface area contributed by atoms with Gasteiger partial charge in [0.05, 0.1) is 19.0 Å². The smallest absolute Gasteiger partial charge is 0.137 e. The Morgan fingerprint density at radius 2 is 2.11 bits per heavy atom. The first kappa shape index (κ1) is 11.6. The van der Waals surface area contributed by atoms with E-state index in [4.69, 9.17) is 4.74 Å². The molecule has 96 valence electrons. The first-order valence-corrected chi connectivity index (χ1v) is 6.04. The minimum absolute atomic E-state index is 0.280. The van der Waals surface area contributed by atoms with E-state index < -0.39 is 0 Å². The molecule has 0 saturated carbocycles. The fourth-order valence-electron chi connectivity index (χ4n) is 2.11. The van der Waals surface area contributed by atoms with Crippen molar-refractivity contribution >= 4 is 5.65 Å². The molecular weight excluding hydrogens is 240 g/mol. The average Bonchev–Trinajstić information content (AvgIpc) is 2.79. The summed E-state index contributed by atoms with van der Waals surface area (Å²) in [6.07, 6.45) is 4.56. The molecule has 3 aromatic rings. The van der Waals surface area contributed by atoms with Crippen molar-refractivity contribution in [2.45, 2.75) is 6.42 Å². The molecule has 2 aromatic heterocycles. The third-order valence-corrected chi connectivity index (χ3v) is 3.01. The fraction of sp³-hybridized carbons (Fsp3) is 0.133. The van der Waals surface area contributed by atoms with E-state index in [0.717, 1.165) is 22.7 Å². The fourth-order valence-corrected chi connectivity index (χ4v) is 2.11. The van der Waals surface area contributed by atoms with Crippen LogP contribution < -0.4 is 4.74 Å². The van der Waals surface area contributed by atoms with Crippen LogP contribution in [0.5, 0.6) is 11.5 Å². The van der Waals surface area contributed by atoms with Crippen LogP contribution in [0.1, 0.15) is 11.3 Å². The minimum atomic E-state index is 0.280. The number of benzene rings is 1. The van der Waals surface area contributed by atoms with Crippen LogP contribution >= 0.6 is 0 Å². The number of phenols is 1. The van der Waals surface area contributed by atoms with Crippen molar-refractivity contribution in [3.63, 3.8) is 0 Å². The second kappa shape index (κ2) is 4.65. The maximum Gasteiger partial charge on any atom is 0.137 e. The van der Waals surface area contributed by atoms with Crippen LogP contribution in [-0.2, 0) is 6.42 Å². The van der Waals surface area contributed by atoms with E-state index in [1.165, 1.54) is 0 Å². The maximum absolute atomic E-state index is 9.46. The summed E-state index contributed by atoms with van der Waals surface area (Å²) in [7, 11) is 1.64. The van der Waals surface area contributed by atoms with E-state index in [0.29, 0.717) is 6.42 Å². The third-order valence-electron chi connectivity index (χ3n) is 3.01. The molecular formula is C15H14N2O2. The average molecular weight is 254 g/mol. The van der Waals surface area contributed by atoms with Gasteiger partial charge in [-0.15, -0.1) is 0 Å². The number of ether oxygens (including phenoxy) is 1. The molecule has 3 rings (SSSR count). The Morgan fingerprint density at radius 3 is 2.89 bits per heavy atom. The van der Waals surface area contributed by atoms with E-state index in [9.17, 15) is 5.11 Å². The van der Waals surface area contributed by atoms with Crippen LogP contribution in [0, 0.1) is 0 Å². The first-order chi connectivity index (χ1) is 9.24. The van der Waals surface area contributed by atoms with Gasteiger partial charge < -0.3 is 14.2 Å². The van der Waals surface area contributed by atoms with E-state index in [1.54, 1.807) is 19.2 Å². The van der Waals surface area contributed by atoms with Crippen molar-refractivity contribution < 1.29 is 9.84 Å². The molecule has 0 aliphatic carbocycles. The van der Waals surface area contributed by atoms with E-state index in [2.05, 4.69) is 4.98 Å². The molecule has 0 unspecified atom stereocenters. The Bertz CT molecular complexity index is 719. The molecule has 1 aromatic carbocycles. The molecule has 0 spiro atoms. The van der Waals surface area contributed by atoms with E-state index in [-0.39, 0.29) is 5.75 Å². The molecule has 4 heteroatoms. The molecule has 0 aliphatic rings. The lowest BCUT2D eigenvalue weighted by Gasteiger charge is -1.98. The number of nitrogens with zero attached hydrogens (tertiary/aromatic N) is 2. The highest BCUT2D eigenvalue weighted by Gasteiger charge is 2.04. The summed E-state index contributed by atoms with van der Waals surface area (Å²) in [5, 5.41) is 9.46. The molecule has 1 N–H and O–H groups in total. The number of hydrogen-bond donors (Lipinski definition) is 1. The number of imidazole rings is 1. The minimum Gasteiger partial charge on any atom is -0.508 e. The third kappa shape index (κ3) is 2.38. The number of aromatic hydroxyl groups is 1. The molecule has 0 fully saturated rings. The molecule has 4 nitrogen and oxygen atoms in total. The van der Waals surface area contributed by atoms with Gasteiger partial charge in [-0.3, -0.25) is 0 Å². The zero-order valence-electron chi connectivity index (χ0n) is 10.6. The van der Waals surface area contributed by atoms with Crippen molar-refractivity contribution in [2.75, 3.05) is 7.11 Å². The van der Waals surface area contributed by atoms with Gasteiger partial charge >= 0.3 is 0 Å². The van der Waals surface area contributed by atoms with E-state index in [1.807, 2.05) is 41.1 Å². The lowest BCUT2D eigenvalue weighted by molar-refractivity contribution is 0.412. The summed E-state index contributed by atoms with van der Waals surface area (Å²) in [6.45, 7) is 0. The standard InChI is InChI=1S/C15H14N2O2/c1-19-14-5-6-15-16-12(9-17(15)10-14)7-11-3-2-4-13(18)8-11/h2-6,8-10,18H,7H2,1H3. The lowest BCUT2D eigenvalue weighted by Crippen LogP contribution is -1.87. The summed E-state index contributed by atoms with van der Waals surface area (Å²) in [5.74, 6) is 1.08.